The molecule has 0 radical (unpaired) electrons. The summed E-state index contributed by atoms with van der Waals surface area (Å²) >= 11 is 0. The quantitative estimate of drug-likeness (QED) is 0.711. The summed E-state index contributed by atoms with van der Waals surface area (Å²) in [6.07, 6.45) is 0.988. The van der Waals surface area contributed by atoms with Crippen LogP contribution in [0.5, 0.6) is 0 Å². The Morgan fingerprint density at radius 1 is 1.38 bits per heavy atom. The number of carbonyl (C=O) groups is 2. The van der Waals surface area contributed by atoms with Gasteiger partial charge >= 0.3 is 5.97 Å². The molecule has 0 bridgehead atoms. The van der Waals surface area contributed by atoms with Crippen LogP contribution >= 0.6 is 0 Å². The molecule has 2 rings (SSSR count). The number of nitrogens with zero attached hydrogens (tertiary/aromatic N) is 2. The molecule has 1 amide bonds. The molecule has 120 valence electrons. The number of hydrogen-bond acceptors (Lipinski definition) is 4. The van der Waals surface area contributed by atoms with Gasteiger partial charge in [-0.05, 0) is 26.7 Å². The second-order valence-corrected chi connectivity index (χ2v) is 7.78. The third-order valence-electron chi connectivity index (χ3n) is 4.12. The zero-order valence-electron chi connectivity index (χ0n) is 12.2. The molecule has 0 saturated carbocycles. The van der Waals surface area contributed by atoms with Crippen molar-refractivity contribution in [2.24, 2.45) is 5.92 Å². The Kier molecular flexibility index (Phi) is 4.27. The normalized spacial score (nSPS) is 28.1. The number of carbonyl (C=O) groups excluding carboxylic acids is 1. The predicted octanol–water partition coefficient (Wildman–Crippen LogP) is -0.762. The summed E-state index contributed by atoms with van der Waals surface area (Å²) in [7, 11) is -3.85. The van der Waals surface area contributed by atoms with Gasteiger partial charge in [0.05, 0.1) is 5.92 Å². The number of aliphatic carboxylic acids is 1. The highest BCUT2D eigenvalue weighted by Gasteiger charge is 2.47. The van der Waals surface area contributed by atoms with Gasteiger partial charge in [0.15, 0.2) is 0 Å². The maximum absolute atomic E-state index is 12.7. The monoisotopic (exact) mass is 319 g/mol. The first-order valence-corrected chi connectivity index (χ1v) is 8.36. The van der Waals surface area contributed by atoms with Crippen molar-refractivity contribution in [2.45, 2.75) is 32.2 Å². The fourth-order valence-corrected chi connectivity index (χ4v) is 4.77. The number of nitrogens with one attached hydrogen (secondary N) is 1. The van der Waals surface area contributed by atoms with Crippen molar-refractivity contribution in [3.05, 3.63) is 0 Å². The van der Waals surface area contributed by atoms with E-state index in [-0.39, 0.29) is 25.5 Å². The third-order valence-corrected chi connectivity index (χ3v) is 6.30. The highest BCUT2D eigenvalue weighted by atomic mass is 32.2. The van der Waals surface area contributed by atoms with Crippen molar-refractivity contribution in [3.8, 4) is 0 Å². The highest BCUT2D eigenvalue weighted by molar-refractivity contribution is 7.86. The van der Waals surface area contributed by atoms with Gasteiger partial charge in [-0.2, -0.15) is 17.0 Å². The van der Waals surface area contributed by atoms with Crippen molar-refractivity contribution in [1.29, 1.82) is 0 Å². The lowest BCUT2D eigenvalue weighted by atomic mass is 10.0. The summed E-state index contributed by atoms with van der Waals surface area (Å²) in [6.45, 7) is 3.81. The fourth-order valence-electron chi connectivity index (χ4n) is 2.78. The number of piperazine rings is 1. The van der Waals surface area contributed by atoms with Crippen LogP contribution in [-0.4, -0.2) is 65.7 Å². The van der Waals surface area contributed by atoms with Crippen LogP contribution in [0.4, 0.5) is 0 Å². The van der Waals surface area contributed by atoms with Crippen LogP contribution < -0.4 is 5.32 Å². The lowest BCUT2D eigenvalue weighted by Crippen LogP contribution is -2.66. The average Bonchev–Trinajstić information content (AvgIpc) is 2.41. The van der Waals surface area contributed by atoms with E-state index in [2.05, 4.69) is 5.32 Å². The van der Waals surface area contributed by atoms with Gasteiger partial charge in [-0.25, -0.2) is 0 Å². The molecule has 0 aromatic heterocycles. The standard InChI is InChI=1S/C12H21N3O5S/c1-12(2)11(18)13-5-7-15(12)21(19,20)14-6-3-4-9(8-14)10(16)17/h9H,3-8H2,1-2H3,(H,13,18)(H,16,17). The van der Waals surface area contributed by atoms with E-state index in [1.165, 1.54) is 8.61 Å². The third kappa shape index (κ3) is 2.90. The highest BCUT2D eigenvalue weighted by Crippen LogP contribution is 2.27. The fraction of sp³-hybridized carbons (Fsp3) is 0.833. The molecule has 0 aliphatic carbocycles. The van der Waals surface area contributed by atoms with E-state index in [1.807, 2.05) is 0 Å². The molecule has 21 heavy (non-hydrogen) atoms. The van der Waals surface area contributed by atoms with Gasteiger partial charge in [0.2, 0.25) is 5.91 Å². The minimum atomic E-state index is -3.85. The van der Waals surface area contributed by atoms with Crippen LogP contribution in [0.25, 0.3) is 0 Å². The minimum Gasteiger partial charge on any atom is -0.481 e. The van der Waals surface area contributed by atoms with Gasteiger partial charge in [0.25, 0.3) is 10.2 Å². The molecular weight excluding hydrogens is 298 g/mol. The molecular formula is C12H21N3O5S. The lowest BCUT2D eigenvalue weighted by molar-refractivity contribution is -0.143. The van der Waals surface area contributed by atoms with Gasteiger partial charge < -0.3 is 10.4 Å². The Morgan fingerprint density at radius 3 is 2.67 bits per heavy atom. The van der Waals surface area contributed by atoms with E-state index >= 15 is 0 Å². The first-order chi connectivity index (χ1) is 9.67. The van der Waals surface area contributed by atoms with Crippen molar-refractivity contribution >= 4 is 22.1 Å². The van der Waals surface area contributed by atoms with E-state index < -0.39 is 27.6 Å². The molecule has 0 spiro atoms. The van der Waals surface area contributed by atoms with Gasteiger partial charge in [0.1, 0.15) is 5.54 Å². The molecule has 8 nitrogen and oxygen atoms in total. The lowest BCUT2D eigenvalue weighted by Gasteiger charge is -2.43. The summed E-state index contributed by atoms with van der Waals surface area (Å²) in [4.78, 5) is 23.0. The summed E-state index contributed by atoms with van der Waals surface area (Å²) in [6, 6.07) is 0. The molecule has 0 aromatic rings. The molecule has 2 fully saturated rings. The Hall–Kier alpha value is -1.19. The Labute approximate surface area is 124 Å². The van der Waals surface area contributed by atoms with E-state index in [0.29, 0.717) is 19.4 Å². The molecule has 1 unspecified atom stereocenters. The summed E-state index contributed by atoms with van der Waals surface area (Å²) in [5.41, 5.74) is -1.17. The smallest absolute Gasteiger partial charge is 0.307 e. The summed E-state index contributed by atoms with van der Waals surface area (Å²) in [5.74, 6) is -2.01. The van der Waals surface area contributed by atoms with Crippen LogP contribution in [0.1, 0.15) is 26.7 Å². The number of amides is 1. The van der Waals surface area contributed by atoms with Crippen LogP contribution in [0.3, 0.4) is 0 Å². The zero-order valence-corrected chi connectivity index (χ0v) is 13.0. The van der Waals surface area contributed by atoms with E-state index in [1.54, 1.807) is 13.8 Å². The second-order valence-electron chi connectivity index (χ2n) is 5.93. The minimum absolute atomic E-state index is 0.0358. The SMILES string of the molecule is CC1(C)C(=O)NCCN1S(=O)(=O)N1CCCC(C(=O)O)C1. The van der Waals surface area contributed by atoms with Crippen LogP contribution in [0.2, 0.25) is 0 Å². The number of carboxylic acid groups (broad SMARTS) is 1. The first-order valence-electron chi connectivity index (χ1n) is 6.96. The maximum Gasteiger partial charge on any atom is 0.307 e. The predicted molar refractivity (Wildman–Crippen MR) is 74.6 cm³/mol. The molecule has 2 aliphatic rings. The Balaban J connectivity index is 2.25. The molecule has 2 heterocycles. The largest absolute Gasteiger partial charge is 0.481 e. The first kappa shape index (κ1) is 16.2. The summed E-state index contributed by atoms with van der Waals surface area (Å²) < 4.78 is 27.9. The topological polar surface area (TPSA) is 107 Å². The van der Waals surface area contributed by atoms with Crippen molar-refractivity contribution < 1.29 is 23.1 Å². The number of hydrogen-bond donors (Lipinski definition) is 2. The zero-order chi connectivity index (χ0) is 15.8. The van der Waals surface area contributed by atoms with Crippen molar-refractivity contribution in [2.75, 3.05) is 26.2 Å². The Morgan fingerprint density at radius 2 is 2.05 bits per heavy atom. The van der Waals surface area contributed by atoms with Crippen LogP contribution in [0.15, 0.2) is 0 Å². The molecule has 2 saturated heterocycles. The number of piperidine rings is 1. The molecule has 1 atom stereocenters. The van der Waals surface area contributed by atoms with Gasteiger partial charge in [-0.1, -0.05) is 0 Å². The number of rotatable bonds is 3. The molecule has 0 aromatic carbocycles. The molecule has 2 N–H and O–H groups in total. The molecule has 2 aliphatic heterocycles. The van der Waals surface area contributed by atoms with E-state index in [9.17, 15) is 18.0 Å². The second kappa shape index (κ2) is 5.54. The van der Waals surface area contributed by atoms with E-state index in [0.717, 1.165) is 0 Å². The van der Waals surface area contributed by atoms with Gasteiger partial charge in [0, 0.05) is 26.2 Å². The van der Waals surface area contributed by atoms with Gasteiger partial charge in [-0.3, -0.25) is 9.59 Å². The number of carboxylic acids is 1. The van der Waals surface area contributed by atoms with E-state index in [4.69, 9.17) is 5.11 Å². The van der Waals surface area contributed by atoms with Crippen LogP contribution in [0, 0.1) is 5.92 Å². The van der Waals surface area contributed by atoms with Crippen molar-refractivity contribution in [3.63, 3.8) is 0 Å². The maximum atomic E-state index is 12.7. The van der Waals surface area contributed by atoms with Crippen molar-refractivity contribution in [1.82, 2.24) is 13.9 Å². The average molecular weight is 319 g/mol. The van der Waals surface area contributed by atoms with Crippen LogP contribution in [-0.2, 0) is 19.8 Å². The Bertz CT molecular complexity index is 545. The molecule has 9 heteroatoms. The van der Waals surface area contributed by atoms with Gasteiger partial charge in [-0.15, -0.1) is 0 Å². The summed E-state index contributed by atoms with van der Waals surface area (Å²) in [5, 5.41) is 11.7.